The van der Waals surface area contributed by atoms with Gasteiger partial charge in [-0.1, -0.05) is 18.2 Å². The SMILES string of the molecule is [S-]c1nnc2c(n1)[nH]c1ccccc12. The zero-order valence-electron chi connectivity index (χ0n) is 7.06. The molecule has 0 aliphatic rings. The molecule has 14 heavy (non-hydrogen) atoms. The topological polar surface area (TPSA) is 54.5 Å². The molecule has 0 atom stereocenters. The van der Waals surface area contributed by atoms with E-state index in [0.717, 1.165) is 16.4 Å². The van der Waals surface area contributed by atoms with Crippen molar-refractivity contribution in [1.29, 1.82) is 0 Å². The number of hydrogen-bond acceptors (Lipinski definition) is 4. The van der Waals surface area contributed by atoms with Gasteiger partial charge in [0.15, 0.2) is 5.65 Å². The summed E-state index contributed by atoms with van der Waals surface area (Å²) >= 11 is 4.84. The van der Waals surface area contributed by atoms with Crippen LogP contribution in [0.15, 0.2) is 29.4 Å². The minimum absolute atomic E-state index is 0.268. The standard InChI is InChI=1S/C9H6N4S/c14-9-11-8-7(12-13-9)5-3-1-2-4-6(5)10-8/h1-4H,(H2,10,11,13,14)/p-1. The second-order valence-electron chi connectivity index (χ2n) is 2.96. The van der Waals surface area contributed by atoms with E-state index in [1.165, 1.54) is 0 Å². The Hall–Kier alpha value is -1.75. The molecular weight excluding hydrogens is 196 g/mol. The van der Waals surface area contributed by atoms with Crippen molar-refractivity contribution in [1.82, 2.24) is 20.2 Å². The molecule has 1 N–H and O–H groups in total. The van der Waals surface area contributed by atoms with E-state index in [1.54, 1.807) is 0 Å². The van der Waals surface area contributed by atoms with Gasteiger partial charge in [-0.05, 0) is 6.07 Å². The van der Waals surface area contributed by atoms with Gasteiger partial charge in [0, 0.05) is 16.1 Å². The van der Waals surface area contributed by atoms with Gasteiger partial charge in [-0.3, -0.25) is 0 Å². The molecule has 0 bridgehead atoms. The lowest BCUT2D eigenvalue weighted by Gasteiger charge is -1.98. The number of rotatable bonds is 0. The van der Waals surface area contributed by atoms with E-state index in [1.807, 2.05) is 24.3 Å². The molecule has 5 heteroatoms. The molecule has 0 radical (unpaired) electrons. The number of nitrogens with one attached hydrogen (secondary N) is 1. The first kappa shape index (κ1) is 7.64. The average Bonchev–Trinajstić information content (AvgIpc) is 2.54. The number of nitrogens with zero attached hydrogens (tertiary/aromatic N) is 3. The van der Waals surface area contributed by atoms with Crippen molar-refractivity contribution in [3.05, 3.63) is 24.3 Å². The largest absolute Gasteiger partial charge is 0.738 e. The van der Waals surface area contributed by atoms with Gasteiger partial charge in [-0.25, -0.2) is 4.98 Å². The number of aromatic nitrogens is 4. The molecule has 3 aromatic rings. The average molecular weight is 201 g/mol. The van der Waals surface area contributed by atoms with Crippen LogP contribution in [0.25, 0.3) is 22.1 Å². The zero-order chi connectivity index (χ0) is 9.54. The minimum atomic E-state index is 0.268. The first-order chi connectivity index (χ1) is 6.84. The van der Waals surface area contributed by atoms with E-state index in [2.05, 4.69) is 20.2 Å². The van der Waals surface area contributed by atoms with Crippen LogP contribution in [0.1, 0.15) is 0 Å². The maximum atomic E-state index is 4.84. The van der Waals surface area contributed by atoms with Gasteiger partial charge in [-0.2, -0.15) is 5.10 Å². The molecule has 0 saturated carbocycles. The second kappa shape index (κ2) is 2.62. The molecule has 0 aliphatic carbocycles. The van der Waals surface area contributed by atoms with Crippen molar-refractivity contribution in [3.8, 4) is 0 Å². The lowest BCUT2D eigenvalue weighted by atomic mass is 10.2. The van der Waals surface area contributed by atoms with Crippen LogP contribution in [0.5, 0.6) is 0 Å². The number of hydrogen-bond donors (Lipinski definition) is 1. The molecule has 0 aliphatic heterocycles. The van der Waals surface area contributed by atoms with Crippen LogP contribution in [0.2, 0.25) is 0 Å². The summed E-state index contributed by atoms with van der Waals surface area (Å²) in [5.74, 6) is 0. The molecule has 68 valence electrons. The number of fused-ring (bicyclic) bond motifs is 3. The van der Waals surface area contributed by atoms with Crippen molar-refractivity contribution in [2.75, 3.05) is 0 Å². The van der Waals surface area contributed by atoms with Crippen molar-refractivity contribution in [2.45, 2.75) is 5.16 Å². The van der Waals surface area contributed by atoms with E-state index >= 15 is 0 Å². The second-order valence-corrected chi connectivity index (χ2v) is 3.33. The van der Waals surface area contributed by atoms with Gasteiger partial charge >= 0.3 is 0 Å². The molecule has 2 heterocycles. The fourth-order valence-electron chi connectivity index (χ4n) is 1.51. The molecule has 0 unspecified atom stereocenters. The van der Waals surface area contributed by atoms with Gasteiger partial charge in [0.1, 0.15) is 5.52 Å². The third-order valence-electron chi connectivity index (χ3n) is 2.10. The first-order valence-corrected chi connectivity index (χ1v) is 4.53. The third kappa shape index (κ3) is 0.958. The molecule has 0 amide bonds. The molecule has 3 rings (SSSR count). The smallest absolute Gasteiger partial charge is 0.159 e. The van der Waals surface area contributed by atoms with E-state index in [0.29, 0.717) is 5.65 Å². The van der Waals surface area contributed by atoms with Crippen LogP contribution in [0.3, 0.4) is 0 Å². The summed E-state index contributed by atoms with van der Waals surface area (Å²) in [6.45, 7) is 0. The van der Waals surface area contributed by atoms with Gasteiger partial charge < -0.3 is 17.6 Å². The molecule has 1 aromatic carbocycles. The maximum Gasteiger partial charge on any atom is 0.159 e. The fourth-order valence-corrected chi connectivity index (χ4v) is 1.64. The van der Waals surface area contributed by atoms with Gasteiger partial charge in [0.2, 0.25) is 0 Å². The predicted octanol–water partition coefficient (Wildman–Crippen LogP) is 1.41. The fraction of sp³-hybridized carbons (Fsp3) is 0. The zero-order valence-corrected chi connectivity index (χ0v) is 7.88. The van der Waals surface area contributed by atoms with Crippen LogP contribution in [-0.2, 0) is 12.6 Å². The predicted molar refractivity (Wildman–Crippen MR) is 54.8 cm³/mol. The summed E-state index contributed by atoms with van der Waals surface area (Å²) in [7, 11) is 0. The Labute approximate surface area is 84.8 Å². The lowest BCUT2D eigenvalue weighted by Crippen LogP contribution is -1.90. The van der Waals surface area contributed by atoms with Crippen LogP contribution < -0.4 is 0 Å². The van der Waals surface area contributed by atoms with Crippen molar-refractivity contribution in [2.24, 2.45) is 0 Å². The van der Waals surface area contributed by atoms with E-state index in [4.69, 9.17) is 12.6 Å². The number of aromatic amines is 1. The first-order valence-electron chi connectivity index (χ1n) is 4.13. The highest BCUT2D eigenvalue weighted by atomic mass is 32.1. The Balaban J connectivity index is 2.57. The summed E-state index contributed by atoms with van der Waals surface area (Å²) in [6, 6.07) is 7.87. The summed E-state index contributed by atoms with van der Waals surface area (Å²) in [4.78, 5) is 7.24. The summed E-state index contributed by atoms with van der Waals surface area (Å²) < 4.78 is 0. The van der Waals surface area contributed by atoms with Crippen molar-refractivity contribution in [3.63, 3.8) is 0 Å². The number of para-hydroxylation sites is 1. The highest BCUT2D eigenvalue weighted by molar-refractivity contribution is 7.58. The Bertz CT molecular complexity index is 616. The number of benzene rings is 1. The van der Waals surface area contributed by atoms with Gasteiger partial charge in [-0.15, -0.1) is 5.10 Å². The van der Waals surface area contributed by atoms with E-state index in [9.17, 15) is 0 Å². The van der Waals surface area contributed by atoms with E-state index < -0.39 is 0 Å². The van der Waals surface area contributed by atoms with E-state index in [-0.39, 0.29) is 5.16 Å². The molecule has 0 spiro atoms. The molecule has 0 saturated heterocycles. The molecule has 4 nitrogen and oxygen atoms in total. The summed E-state index contributed by atoms with van der Waals surface area (Å²) in [5.41, 5.74) is 2.48. The molecular formula is C9H5N4S-. The monoisotopic (exact) mass is 201 g/mol. The van der Waals surface area contributed by atoms with Gasteiger partial charge in [0.05, 0.1) is 0 Å². The maximum absolute atomic E-state index is 4.84. The number of H-pyrrole nitrogens is 1. The third-order valence-corrected chi connectivity index (χ3v) is 2.28. The Morgan fingerprint density at radius 3 is 2.93 bits per heavy atom. The normalized spacial score (nSPS) is 11.1. The van der Waals surface area contributed by atoms with Crippen LogP contribution in [-0.4, -0.2) is 20.2 Å². The minimum Gasteiger partial charge on any atom is -0.738 e. The van der Waals surface area contributed by atoms with Gasteiger partial charge in [0.25, 0.3) is 0 Å². The highest BCUT2D eigenvalue weighted by Crippen LogP contribution is 2.20. The summed E-state index contributed by atoms with van der Waals surface area (Å²) in [6.07, 6.45) is 0. The van der Waals surface area contributed by atoms with Crippen LogP contribution in [0.4, 0.5) is 0 Å². The Kier molecular flexibility index (Phi) is 1.43. The molecule has 2 aromatic heterocycles. The molecule has 0 fully saturated rings. The summed E-state index contributed by atoms with van der Waals surface area (Å²) in [5, 5.41) is 9.08. The van der Waals surface area contributed by atoms with Crippen LogP contribution >= 0.6 is 0 Å². The quantitative estimate of drug-likeness (QED) is 0.559. The van der Waals surface area contributed by atoms with Crippen molar-refractivity contribution >= 4 is 34.7 Å². The van der Waals surface area contributed by atoms with Crippen LogP contribution in [0, 0.1) is 0 Å². The lowest BCUT2D eigenvalue weighted by molar-refractivity contribution is 0.882. The van der Waals surface area contributed by atoms with Crippen molar-refractivity contribution < 1.29 is 0 Å². The Morgan fingerprint density at radius 2 is 2.00 bits per heavy atom. The Morgan fingerprint density at radius 1 is 1.14 bits per heavy atom. The highest BCUT2D eigenvalue weighted by Gasteiger charge is 2.04.